The summed E-state index contributed by atoms with van der Waals surface area (Å²) in [4.78, 5) is 41.9. The van der Waals surface area contributed by atoms with Crippen LogP contribution in [0, 0.1) is 17.8 Å². The van der Waals surface area contributed by atoms with Crippen molar-refractivity contribution < 1.29 is 33.7 Å². The molecular formula is C45H85NO7. The fourth-order valence-corrected chi connectivity index (χ4v) is 7.31. The first-order valence-electron chi connectivity index (χ1n) is 22.7. The highest BCUT2D eigenvalue weighted by Gasteiger charge is 2.26. The molecule has 1 N–H and O–H groups in total. The van der Waals surface area contributed by atoms with Crippen LogP contribution in [0.15, 0.2) is 0 Å². The van der Waals surface area contributed by atoms with Gasteiger partial charge >= 0.3 is 17.9 Å². The van der Waals surface area contributed by atoms with E-state index in [0.29, 0.717) is 6.42 Å². The number of carbonyl (C=O) groups excluding carboxylic acids is 3. The van der Waals surface area contributed by atoms with E-state index >= 15 is 0 Å². The van der Waals surface area contributed by atoms with Crippen molar-refractivity contribution in [3.05, 3.63) is 0 Å². The van der Waals surface area contributed by atoms with Crippen LogP contribution in [0.4, 0.5) is 0 Å². The summed E-state index contributed by atoms with van der Waals surface area (Å²) in [5.41, 5.74) is 0. The van der Waals surface area contributed by atoms with E-state index in [2.05, 4.69) is 32.6 Å². The van der Waals surface area contributed by atoms with Gasteiger partial charge in [-0.25, -0.2) is 0 Å². The van der Waals surface area contributed by atoms with Crippen molar-refractivity contribution in [1.29, 1.82) is 0 Å². The molecule has 8 heteroatoms. The molecule has 0 amide bonds. The number of esters is 3. The van der Waals surface area contributed by atoms with E-state index in [1.165, 1.54) is 64.2 Å². The standard InChI is InChI=1S/C45H85NO7/c1-5-9-13-17-19-24-30-40(28-22-15-11-7-3)44(49)52-37-39(36-51-43(48)32-26-21-27-33-46-34-42(47)35-46)38-53-45(50)41(29-23-16-12-8-4)31-25-20-18-14-10-6-2/h39-42,47H,5-38H2,1-4H3. The Morgan fingerprint density at radius 1 is 0.509 bits per heavy atom. The van der Waals surface area contributed by atoms with E-state index in [0.717, 1.165) is 129 Å². The summed E-state index contributed by atoms with van der Waals surface area (Å²) in [7, 11) is 0. The first-order valence-corrected chi connectivity index (χ1v) is 22.7. The molecule has 1 fully saturated rings. The lowest BCUT2D eigenvalue weighted by Gasteiger charge is -2.35. The van der Waals surface area contributed by atoms with Crippen molar-refractivity contribution >= 4 is 17.9 Å². The summed E-state index contributed by atoms with van der Waals surface area (Å²) in [5.74, 6) is -1.22. The fourth-order valence-electron chi connectivity index (χ4n) is 7.31. The molecule has 312 valence electrons. The molecule has 1 saturated heterocycles. The van der Waals surface area contributed by atoms with E-state index in [1.807, 2.05) is 0 Å². The molecule has 0 aromatic rings. The molecule has 1 aliphatic rings. The van der Waals surface area contributed by atoms with Gasteiger partial charge in [-0.1, -0.05) is 163 Å². The molecule has 8 nitrogen and oxygen atoms in total. The van der Waals surface area contributed by atoms with Gasteiger partial charge in [0.15, 0.2) is 0 Å². The van der Waals surface area contributed by atoms with Gasteiger partial charge in [0, 0.05) is 19.5 Å². The molecule has 53 heavy (non-hydrogen) atoms. The average molecular weight is 752 g/mol. The lowest BCUT2D eigenvalue weighted by molar-refractivity contribution is -0.157. The first-order chi connectivity index (χ1) is 25.8. The van der Waals surface area contributed by atoms with Crippen LogP contribution in [-0.2, 0) is 28.6 Å². The van der Waals surface area contributed by atoms with E-state index < -0.39 is 5.92 Å². The van der Waals surface area contributed by atoms with Crippen LogP contribution in [0.5, 0.6) is 0 Å². The third-order valence-electron chi connectivity index (χ3n) is 11.0. The molecule has 0 aromatic carbocycles. The quantitative estimate of drug-likeness (QED) is 0.0378. The van der Waals surface area contributed by atoms with Crippen LogP contribution in [-0.4, -0.2) is 73.5 Å². The van der Waals surface area contributed by atoms with Gasteiger partial charge in [-0.15, -0.1) is 0 Å². The summed E-state index contributed by atoms with van der Waals surface area (Å²) in [6.07, 6.45) is 29.5. The van der Waals surface area contributed by atoms with Gasteiger partial charge in [0.1, 0.15) is 19.8 Å². The highest BCUT2D eigenvalue weighted by molar-refractivity contribution is 5.73. The Morgan fingerprint density at radius 2 is 0.868 bits per heavy atom. The highest BCUT2D eigenvalue weighted by atomic mass is 16.6. The minimum absolute atomic E-state index is 0.0717. The number of nitrogens with zero attached hydrogens (tertiary/aromatic N) is 1. The van der Waals surface area contributed by atoms with Gasteiger partial charge in [-0.05, 0) is 45.1 Å². The molecule has 1 aliphatic heterocycles. The monoisotopic (exact) mass is 752 g/mol. The van der Waals surface area contributed by atoms with Gasteiger partial charge < -0.3 is 19.3 Å². The summed E-state index contributed by atoms with van der Waals surface area (Å²) >= 11 is 0. The maximum absolute atomic E-state index is 13.5. The number of aliphatic hydroxyl groups is 1. The van der Waals surface area contributed by atoms with Crippen LogP contribution in [0.2, 0.25) is 0 Å². The predicted molar refractivity (Wildman–Crippen MR) is 218 cm³/mol. The molecule has 2 atom stereocenters. The number of carbonyl (C=O) groups is 3. The third-order valence-corrected chi connectivity index (χ3v) is 11.0. The second-order valence-electron chi connectivity index (χ2n) is 16.2. The van der Waals surface area contributed by atoms with E-state index in [1.54, 1.807) is 0 Å². The van der Waals surface area contributed by atoms with Crippen molar-refractivity contribution in [2.75, 3.05) is 39.5 Å². The van der Waals surface area contributed by atoms with Crippen LogP contribution >= 0.6 is 0 Å². The number of β-amino-alcohol motifs (C(OH)–C–C–N with tert-alkyl or cyclic N) is 1. The van der Waals surface area contributed by atoms with E-state index in [-0.39, 0.29) is 55.7 Å². The maximum Gasteiger partial charge on any atom is 0.308 e. The topological polar surface area (TPSA) is 102 Å². The lowest BCUT2D eigenvalue weighted by Crippen LogP contribution is -2.50. The zero-order valence-electron chi connectivity index (χ0n) is 35.2. The van der Waals surface area contributed by atoms with Crippen LogP contribution in [0.3, 0.4) is 0 Å². The van der Waals surface area contributed by atoms with Crippen molar-refractivity contribution in [2.45, 2.75) is 214 Å². The smallest absolute Gasteiger partial charge is 0.308 e. The molecule has 0 aromatic heterocycles. The van der Waals surface area contributed by atoms with Gasteiger partial charge in [-0.3, -0.25) is 19.3 Å². The molecule has 1 rings (SSSR count). The Morgan fingerprint density at radius 3 is 1.28 bits per heavy atom. The summed E-state index contributed by atoms with van der Waals surface area (Å²) in [6, 6.07) is 0. The lowest BCUT2D eigenvalue weighted by atomic mass is 9.94. The van der Waals surface area contributed by atoms with Gasteiger partial charge in [0.25, 0.3) is 0 Å². The second-order valence-corrected chi connectivity index (χ2v) is 16.2. The number of hydrogen-bond acceptors (Lipinski definition) is 8. The number of aliphatic hydroxyl groups excluding tert-OH is 1. The number of ether oxygens (including phenoxy) is 3. The van der Waals surface area contributed by atoms with Crippen LogP contribution < -0.4 is 0 Å². The van der Waals surface area contributed by atoms with Gasteiger partial charge in [0.2, 0.25) is 0 Å². The van der Waals surface area contributed by atoms with Crippen molar-refractivity contribution in [2.24, 2.45) is 17.8 Å². The third kappa shape index (κ3) is 27.5. The normalized spacial score (nSPS) is 15.1. The SMILES string of the molecule is CCCCCCCCC(CCCCCC)C(=O)OCC(COC(=O)CCCCCN1CC(O)C1)COC(=O)C(CCCCCC)CCCCCCCC. The average Bonchev–Trinajstić information content (AvgIpc) is 3.14. The highest BCUT2D eigenvalue weighted by Crippen LogP contribution is 2.23. The minimum Gasteiger partial charge on any atom is -0.465 e. The number of hydrogen-bond donors (Lipinski definition) is 1. The first kappa shape index (κ1) is 49.3. The molecule has 0 aliphatic carbocycles. The largest absolute Gasteiger partial charge is 0.465 e. The molecular weight excluding hydrogens is 666 g/mol. The van der Waals surface area contributed by atoms with Crippen molar-refractivity contribution in [3.8, 4) is 0 Å². The molecule has 0 bridgehead atoms. The Hall–Kier alpha value is -1.67. The predicted octanol–water partition coefficient (Wildman–Crippen LogP) is 11.1. The number of unbranched alkanes of at least 4 members (excludes halogenated alkanes) is 18. The molecule has 0 spiro atoms. The number of rotatable bonds is 38. The molecule has 2 unspecified atom stereocenters. The fraction of sp³-hybridized carbons (Fsp3) is 0.933. The summed E-state index contributed by atoms with van der Waals surface area (Å²) in [6.45, 7) is 11.5. The Labute approximate surface area is 326 Å². The van der Waals surface area contributed by atoms with E-state index in [4.69, 9.17) is 14.2 Å². The van der Waals surface area contributed by atoms with Crippen LogP contribution in [0.1, 0.15) is 207 Å². The Balaban J connectivity index is 2.79. The zero-order valence-corrected chi connectivity index (χ0v) is 35.2. The minimum atomic E-state index is -0.394. The molecule has 1 heterocycles. The Kier molecular flexibility index (Phi) is 32.4. The maximum atomic E-state index is 13.5. The van der Waals surface area contributed by atoms with Gasteiger partial charge in [-0.2, -0.15) is 0 Å². The summed E-state index contributed by atoms with van der Waals surface area (Å²) < 4.78 is 17.6. The van der Waals surface area contributed by atoms with Gasteiger partial charge in [0.05, 0.1) is 23.9 Å². The van der Waals surface area contributed by atoms with Crippen molar-refractivity contribution in [1.82, 2.24) is 4.90 Å². The second kappa shape index (κ2) is 34.8. The molecule has 0 radical (unpaired) electrons. The zero-order chi connectivity index (χ0) is 38.8. The van der Waals surface area contributed by atoms with E-state index in [9.17, 15) is 19.5 Å². The Bertz CT molecular complexity index is 829. The van der Waals surface area contributed by atoms with Crippen molar-refractivity contribution in [3.63, 3.8) is 0 Å². The summed E-state index contributed by atoms with van der Waals surface area (Å²) in [5, 5.41) is 9.47. The van der Waals surface area contributed by atoms with Crippen LogP contribution in [0.25, 0.3) is 0 Å². The molecule has 0 saturated carbocycles. The number of likely N-dealkylation sites (tertiary alicyclic amines) is 1.